The van der Waals surface area contributed by atoms with Crippen LogP contribution in [0, 0.1) is 87.3 Å². The molecule has 0 spiro atoms. The van der Waals surface area contributed by atoms with E-state index in [2.05, 4.69) is 20.8 Å². The Balaban J connectivity index is 1.51. The van der Waals surface area contributed by atoms with Gasteiger partial charge in [0.25, 0.3) is 0 Å². The Morgan fingerprint density at radius 2 is 1.46 bits per heavy atom. The van der Waals surface area contributed by atoms with Gasteiger partial charge in [-0.3, -0.25) is 0 Å². The van der Waals surface area contributed by atoms with E-state index in [1.165, 1.54) is 19.3 Å². The molecule has 0 aromatic carbocycles. The third-order valence-corrected chi connectivity index (χ3v) is 13.0. The minimum Gasteiger partial charge on any atom is -0.396 e. The summed E-state index contributed by atoms with van der Waals surface area (Å²) in [6.07, 6.45) is 6.10. The molecular weight excluding hydrogens is 292 g/mol. The molecule has 1 N–H and O–H groups in total. The van der Waals surface area contributed by atoms with Gasteiger partial charge in [-0.2, -0.15) is 0 Å². The molecule has 1 heteroatoms. The third-order valence-electron chi connectivity index (χ3n) is 13.0. The minimum absolute atomic E-state index is 0.274. The lowest BCUT2D eigenvalue weighted by Gasteiger charge is -2.44. The van der Waals surface area contributed by atoms with Crippen molar-refractivity contribution in [3.8, 4) is 0 Å². The molecule has 8 saturated carbocycles. The Morgan fingerprint density at radius 3 is 2.25 bits per heavy atom. The molecule has 0 aromatic heterocycles. The number of fused-ring (bicyclic) bond motifs is 4. The van der Waals surface area contributed by atoms with E-state index >= 15 is 0 Å². The lowest BCUT2D eigenvalue weighted by atomic mass is 9.61. The molecule has 0 radical (unpaired) electrons. The Labute approximate surface area is 146 Å². The monoisotopic (exact) mass is 324 g/mol. The summed E-state index contributed by atoms with van der Waals surface area (Å²) in [4.78, 5) is 0. The fourth-order valence-corrected chi connectivity index (χ4v) is 13.9. The van der Waals surface area contributed by atoms with Gasteiger partial charge in [0.05, 0.1) is 0 Å². The predicted octanol–water partition coefficient (Wildman–Crippen LogP) is 4.06. The van der Waals surface area contributed by atoms with E-state index in [1.54, 1.807) is 6.42 Å². The maximum Gasteiger partial charge on any atom is 0.0490 e. The van der Waals surface area contributed by atoms with E-state index in [-0.39, 0.29) is 5.41 Å². The number of hydrogen-bond acceptors (Lipinski definition) is 1. The summed E-state index contributed by atoms with van der Waals surface area (Å²) in [6, 6.07) is 0. The van der Waals surface area contributed by atoms with Crippen molar-refractivity contribution in [3.05, 3.63) is 0 Å². The van der Waals surface area contributed by atoms with E-state index in [4.69, 9.17) is 0 Å². The first-order valence-electron chi connectivity index (χ1n) is 11.1. The van der Waals surface area contributed by atoms with Gasteiger partial charge < -0.3 is 5.11 Å². The molecule has 8 aliphatic rings. The lowest BCUT2D eigenvalue weighted by molar-refractivity contribution is -0.00653. The summed E-state index contributed by atoms with van der Waals surface area (Å²) in [7, 11) is 0. The van der Waals surface area contributed by atoms with Gasteiger partial charge in [0.2, 0.25) is 0 Å². The van der Waals surface area contributed by atoms with Crippen LogP contribution in [0.2, 0.25) is 0 Å². The number of aliphatic hydroxyl groups excluding tert-OH is 1. The topological polar surface area (TPSA) is 20.2 Å². The predicted molar refractivity (Wildman–Crippen MR) is 91.8 cm³/mol. The van der Waals surface area contributed by atoms with Gasteiger partial charge in [-0.05, 0) is 113 Å². The van der Waals surface area contributed by atoms with Crippen molar-refractivity contribution in [2.75, 3.05) is 6.61 Å². The number of aliphatic hydroxyl groups is 1. The zero-order valence-electron chi connectivity index (χ0n) is 15.4. The highest BCUT2D eigenvalue weighted by Gasteiger charge is 2.91. The van der Waals surface area contributed by atoms with E-state index in [0.29, 0.717) is 17.4 Å². The van der Waals surface area contributed by atoms with Gasteiger partial charge in [0.15, 0.2) is 0 Å². The SMILES string of the molecule is C[C@@]1(CO)[C@@H]2[C@H]3CC[C@H]4[C@@H]3[C@@H]3[C@@H]2[C@H]2[C@H]1[C@H]1CC[C@]5(C)[C@@H]1[C@@H]2[C@]3(C)[C@H]45. The zero-order chi connectivity index (χ0) is 16.0. The van der Waals surface area contributed by atoms with Crippen LogP contribution in [-0.4, -0.2) is 11.7 Å². The molecule has 0 saturated heterocycles. The Morgan fingerprint density at radius 1 is 0.750 bits per heavy atom. The van der Waals surface area contributed by atoms with Crippen molar-refractivity contribution in [2.24, 2.45) is 87.3 Å². The van der Waals surface area contributed by atoms with Crippen LogP contribution >= 0.6 is 0 Å². The Kier molecular flexibility index (Phi) is 1.75. The van der Waals surface area contributed by atoms with E-state index in [1.807, 2.05) is 0 Å². The van der Waals surface area contributed by atoms with Crippen LogP contribution < -0.4 is 0 Å². The van der Waals surface area contributed by atoms with Crippen LogP contribution in [0.3, 0.4) is 0 Å². The van der Waals surface area contributed by atoms with Crippen molar-refractivity contribution in [2.45, 2.75) is 46.5 Å². The standard InChI is InChI=1S/C23H32O/c1-21-7-6-11-16-14-13-15(22(16,2)8-24)9-4-5-10-12(9)18(13)23(3,20(10)21)19(14)17(11)21/h9-20,24H,4-8H2,1-3H3/t9-,10-,11+,12+,13+,14-,15+,16+,17-,18+,19+,20+,21+,22+,23+/m0/s1. The summed E-state index contributed by atoms with van der Waals surface area (Å²) in [5.41, 5.74) is 1.66. The van der Waals surface area contributed by atoms with Gasteiger partial charge >= 0.3 is 0 Å². The number of rotatable bonds is 1. The molecular formula is C23H32O. The Hall–Kier alpha value is -0.0400. The highest BCUT2D eigenvalue weighted by molar-refractivity contribution is 5.38. The van der Waals surface area contributed by atoms with E-state index < -0.39 is 0 Å². The molecule has 8 aliphatic carbocycles. The zero-order valence-corrected chi connectivity index (χ0v) is 15.4. The van der Waals surface area contributed by atoms with E-state index in [9.17, 15) is 5.11 Å². The Bertz CT molecular complexity index is 700. The molecule has 24 heavy (non-hydrogen) atoms. The summed E-state index contributed by atoms with van der Waals surface area (Å²) < 4.78 is 0. The molecule has 0 heterocycles. The third kappa shape index (κ3) is 0.828. The summed E-state index contributed by atoms with van der Waals surface area (Å²) in [5, 5.41) is 10.7. The van der Waals surface area contributed by atoms with Crippen LogP contribution in [0.1, 0.15) is 46.5 Å². The first kappa shape index (κ1) is 13.2. The maximum absolute atomic E-state index is 10.7. The molecule has 0 aromatic rings. The average molecular weight is 325 g/mol. The molecule has 0 amide bonds. The smallest absolute Gasteiger partial charge is 0.0490 e. The van der Waals surface area contributed by atoms with Gasteiger partial charge in [-0.25, -0.2) is 0 Å². The van der Waals surface area contributed by atoms with Crippen molar-refractivity contribution in [1.29, 1.82) is 0 Å². The molecule has 1 nitrogen and oxygen atoms in total. The second kappa shape index (κ2) is 3.19. The van der Waals surface area contributed by atoms with Gasteiger partial charge in [-0.15, -0.1) is 0 Å². The first-order chi connectivity index (χ1) is 11.5. The van der Waals surface area contributed by atoms with Crippen LogP contribution in [0.4, 0.5) is 0 Å². The van der Waals surface area contributed by atoms with Gasteiger partial charge in [0, 0.05) is 6.61 Å². The van der Waals surface area contributed by atoms with Crippen LogP contribution in [0.15, 0.2) is 0 Å². The minimum atomic E-state index is 0.274. The fourth-order valence-electron chi connectivity index (χ4n) is 13.9. The summed E-state index contributed by atoms with van der Waals surface area (Å²) in [6.45, 7) is 8.61. The molecule has 8 rings (SSSR count). The van der Waals surface area contributed by atoms with Crippen molar-refractivity contribution < 1.29 is 5.11 Å². The maximum atomic E-state index is 10.7. The van der Waals surface area contributed by atoms with Crippen LogP contribution in [0.5, 0.6) is 0 Å². The van der Waals surface area contributed by atoms with Gasteiger partial charge in [0.1, 0.15) is 0 Å². The molecule has 130 valence electrons. The molecule has 15 atom stereocenters. The second-order valence-electron chi connectivity index (χ2n) is 12.5. The largest absolute Gasteiger partial charge is 0.396 e. The lowest BCUT2D eigenvalue weighted by Crippen LogP contribution is -2.42. The molecule has 0 bridgehead atoms. The van der Waals surface area contributed by atoms with Crippen molar-refractivity contribution in [3.63, 3.8) is 0 Å². The van der Waals surface area contributed by atoms with E-state index in [0.717, 1.165) is 71.0 Å². The summed E-state index contributed by atoms with van der Waals surface area (Å²) in [5.74, 6) is 12.2. The highest BCUT2D eigenvalue weighted by Crippen LogP contribution is 2.95. The quantitative estimate of drug-likeness (QED) is 0.771. The van der Waals surface area contributed by atoms with Crippen molar-refractivity contribution >= 4 is 0 Å². The van der Waals surface area contributed by atoms with Crippen molar-refractivity contribution in [1.82, 2.24) is 0 Å². The average Bonchev–Trinajstić information content (AvgIpc) is 3.29. The first-order valence-corrected chi connectivity index (χ1v) is 11.1. The highest BCUT2D eigenvalue weighted by atomic mass is 16.3. The number of hydrogen-bond donors (Lipinski definition) is 1. The summed E-state index contributed by atoms with van der Waals surface area (Å²) >= 11 is 0. The molecule has 8 fully saturated rings. The van der Waals surface area contributed by atoms with Gasteiger partial charge in [-0.1, -0.05) is 20.8 Å². The normalized spacial score (nSPS) is 83.0. The molecule has 0 unspecified atom stereocenters. The van der Waals surface area contributed by atoms with Crippen LogP contribution in [-0.2, 0) is 0 Å². The molecule has 0 aliphatic heterocycles. The van der Waals surface area contributed by atoms with Crippen LogP contribution in [0.25, 0.3) is 0 Å². The fraction of sp³-hybridized carbons (Fsp3) is 1.00. The second-order valence-corrected chi connectivity index (χ2v) is 12.5.